The van der Waals surface area contributed by atoms with Crippen molar-refractivity contribution in [2.24, 2.45) is 0 Å². The summed E-state index contributed by atoms with van der Waals surface area (Å²) in [7, 11) is 0. The van der Waals surface area contributed by atoms with Gasteiger partial charge in [0.15, 0.2) is 11.6 Å². The molecular weight excluding hydrogens is 268 g/mol. The zero-order valence-corrected chi connectivity index (χ0v) is 12.9. The minimum absolute atomic E-state index is 0.150. The molecule has 2 rings (SSSR count). The predicted molar refractivity (Wildman–Crippen MR) is 82.3 cm³/mol. The molecule has 1 N–H and O–H groups in total. The van der Waals surface area contributed by atoms with Crippen molar-refractivity contribution >= 4 is 0 Å². The van der Waals surface area contributed by atoms with Crippen LogP contribution < -0.4 is 5.32 Å². The van der Waals surface area contributed by atoms with Crippen LogP contribution in [0, 0.1) is 32.4 Å². The van der Waals surface area contributed by atoms with E-state index in [1.807, 2.05) is 0 Å². The van der Waals surface area contributed by atoms with E-state index >= 15 is 0 Å². The first kappa shape index (κ1) is 15.6. The predicted octanol–water partition coefficient (Wildman–Crippen LogP) is 4.74. The Labute approximate surface area is 125 Å². The number of nitrogens with one attached hydrogen (secondary N) is 1. The van der Waals surface area contributed by atoms with E-state index in [0.29, 0.717) is 6.54 Å². The molecule has 0 aliphatic carbocycles. The summed E-state index contributed by atoms with van der Waals surface area (Å²) in [4.78, 5) is 0. The van der Waals surface area contributed by atoms with E-state index in [-0.39, 0.29) is 6.04 Å². The zero-order valence-electron chi connectivity index (χ0n) is 12.9. The van der Waals surface area contributed by atoms with Crippen LogP contribution in [0.2, 0.25) is 0 Å². The van der Waals surface area contributed by atoms with Crippen LogP contribution in [-0.4, -0.2) is 0 Å². The minimum Gasteiger partial charge on any atom is -0.306 e. The number of aryl methyl sites for hydroxylation is 3. The lowest BCUT2D eigenvalue weighted by atomic mass is 9.96. The van der Waals surface area contributed by atoms with E-state index in [1.165, 1.54) is 28.3 Å². The number of hydrogen-bond acceptors (Lipinski definition) is 1. The molecule has 0 fully saturated rings. The van der Waals surface area contributed by atoms with E-state index in [2.05, 4.69) is 45.1 Å². The van der Waals surface area contributed by atoms with Gasteiger partial charge >= 0.3 is 0 Å². The second-order valence-corrected chi connectivity index (χ2v) is 5.64. The van der Waals surface area contributed by atoms with Crippen molar-refractivity contribution in [1.29, 1.82) is 0 Å². The van der Waals surface area contributed by atoms with Gasteiger partial charge in [-0.2, -0.15) is 0 Å². The fourth-order valence-electron chi connectivity index (χ4n) is 2.48. The summed E-state index contributed by atoms with van der Waals surface area (Å²) in [5.74, 6) is -1.61. The largest absolute Gasteiger partial charge is 0.306 e. The van der Waals surface area contributed by atoms with E-state index in [1.54, 1.807) is 6.07 Å². The average molecular weight is 289 g/mol. The SMILES string of the molecule is Cc1cc(C)c(C(C)NCc2ccc(F)c(F)c2)cc1C. The molecular formula is C18H21F2N. The lowest BCUT2D eigenvalue weighted by Gasteiger charge is -2.18. The third kappa shape index (κ3) is 3.67. The molecule has 2 aromatic carbocycles. The van der Waals surface area contributed by atoms with Crippen LogP contribution in [0.3, 0.4) is 0 Å². The molecule has 0 amide bonds. The van der Waals surface area contributed by atoms with Gasteiger partial charge in [-0.3, -0.25) is 0 Å². The van der Waals surface area contributed by atoms with Crippen molar-refractivity contribution < 1.29 is 8.78 Å². The molecule has 0 aromatic heterocycles. The number of benzene rings is 2. The summed E-state index contributed by atoms with van der Waals surface area (Å²) in [6.45, 7) is 8.88. The van der Waals surface area contributed by atoms with Gasteiger partial charge in [0.2, 0.25) is 0 Å². The van der Waals surface area contributed by atoms with Crippen molar-refractivity contribution in [3.05, 3.63) is 69.8 Å². The number of rotatable bonds is 4. The Hall–Kier alpha value is -1.74. The average Bonchev–Trinajstić information content (AvgIpc) is 2.44. The highest BCUT2D eigenvalue weighted by atomic mass is 19.2. The summed E-state index contributed by atoms with van der Waals surface area (Å²) in [5, 5.41) is 3.36. The molecule has 0 heterocycles. The van der Waals surface area contributed by atoms with Gasteiger partial charge in [0.25, 0.3) is 0 Å². The third-order valence-electron chi connectivity index (χ3n) is 3.95. The molecule has 1 atom stereocenters. The fourth-order valence-corrected chi connectivity index (χ4v) is 2.48. The first-order valence-electron chi connectivity index (χ1n) is 7.13. The Morgan fingerprint density at radius 2 is 1.57 bits per heavy atom. The summed E-state index contributed by atoms with van der Waals surface area (Å²) >= 11 is 0. The van der Waals surface area contributed by atoms with Crippen LogP contribution in [-0.2, 0) is 6.54 Å². The van der Waals surface area contributed by atoms with Gasteiger partial charge in [-0.25, -0.2) is 8.78 Å². The van der Waals surface area contributed by atoms with E-state index in [9.17, 15) is 8.78 Å². The lowest BCUT2D eigenvalue weighted by Crippen LogP contribution is -2.19. The van der Waals surface area contributed by atoms with Gasteiger partial charge in [-0.05, 0) is 67.6 Å². The molecule has 0 aliphatic rings. The first-order valence-corrected chi connectivity index (χ1v) is 7.13. The molecule has 1 nitrogen and oxygen atoms in total. The van der Waals surface area contributed by atoms with E-state index in [0.717, 1.165) is 11.6 Å². The van der Waals surface area contributed by atoms with Crippen LogP contribution in [0.4, 0.5) is 8.78 Å². The Morgan fingerprint density at radius 1 is 0.905 bits per heavy atom. The molecule has 2 aromatic rings. The summed E-state index contributed by atoms with van der Waals surface area (Å²) in [6, 6.07) is 8.53. The molecule has 0 saturated heterocycles. The van der Waals surface area contributed by atoms with Crippen LogP contribution in [0.5, 0.6) is 0 Å². The second-order valence-electron chi connectivity index (χ2n) is 5.64. The molecule has 0 saturated carbocycles. The van der Waals surface area contributed by atoms with Crippen LogP contribution >= 0.6 is 0 Å². The van der Waals surface area contributed by atoms with Gasteiger partial charge in [-0.1, -0.05) is 18.2 Å². The zero-order chi connectivity index (χ0) is 15.6. The number of hydrogen-bond donors (Lipinski definition) is 1. The van der Waals surface area contributed by atoms with Crippen molar-refractivity contribution in [3.8, 4) is 0 Å². The Bertz CT molecular complexity index is 650. The maximum Gasteiger partial charge on any atom is 0.159 e. The summed E-state index contributed by atoms with van der Waals surface area (Å²) in [5.41, 5.74) is 5.76. The third-order valence-corrected chi connectivity index (χ3v) is 3.95. The van der Waals surface area contributed by atoms with Gasteiger partial charge in [0.1, 0.15) is 0 Å². The Kier molecular flexibility index (Phi) is 4.73. The monoisotopic (exact) mass is 289 g/mol. The second kappa shape index (κ2) is 6.35. The minimum atomic E-state index is -0.809. The van der Waals surface area contributed by atoms with Crippen molar-refractivity contribution in [2.75, 3.05) is 0 Å². The smallest absolute Gasteiger partial charge is 0.159 e. The molecule has 0 radical (unpaired) electrons. The highest BCUT2D eigenvalue weighted by Crippen LogP contribution is 2.22. The number of halogens is 2. The van der Waals surface area contributed by atoms with Crippen LogP contribution in [0.1, 0.15) is 40.8 Å². The standard InChI is InChI=1S/C18H21F2N/c1-11-7-13(3)16(8-12(11)2)14(4)21-10-15-5-6-17(19)18(20)9-15/h5-9,14,21H,10H2,1-4H3. The molecule has 0 bridgehead atoms. The Morgan fingerprint density at radius 3 is 2.24 bits per heavy atom. The Balaban J connectivity index is 2.09. The lowest BCUT2D eigenvalue weighted by molar-refractivity contribution is 0.503. The molecule has 1 unspecified atom stereocenters. The fraction of sp³-hybridized carbons (Fsp3) is 0.333. The first-order chi connectivity index (χ1) is 9.88. The molecule has 0 aliphatic heterocycles. The normalized spacial score (nSPS) is 12.5. The highest BCUT2D eigenvalue weighted by Gasteiger charge is 2.10. The molecule has 21 heavy (non-hydrogen) atoms. The van der Waals surface area contributed by atoms with Gasteiger partial charge in [0.05, 0.1) is 0 Å². The van der Waals surface area contributed by atoms with Crippen LogP contribution in [0.15, 0.2) is 30.3 Å². The van der Waals surface area contributed by atoms with Crippen molar-refractivity contribution in [3.63, 3.8) is 0 Å². The molecule has 112 valence electrons. The van der Waals surface area contributed by atoms with Crippen LogP contribution in [0.25, 0.3) is 0 Å². The van der Waals surface area contributed by atoms with Crippen molar-refractivity contribution in [2.45, 2.75) is 40.3 Å². The van der Waals surface area contributed by atoms with E-state index < -0.39 is 11.6 Å². The van der Waals surface area contributed by atoms with Gasteiger partial charge < -0.3 is 5.32 Å². The van der Waals surface area contributed by atoms with Gasteiger partial charge in [0, 0.05) is 12.6 Å². The maximum atomic E-state index is 13.2. The topological polar surface area (TPSA) is 12.0 Å². The maximum absolute atomic E-state index is 13.2. The highest BCUT2D eigenvalue weighted by molar-refractivity contribution is 5.38. The summed E-state index contributed by atoms with van der Waals surface area (Å²) in [6.07, 6.45) is 0. The quantitative estimate of drug-likeness (QED) is 0.857. The molecule has 3 heteroatoms. The van der Waals surface area contributed by atoms with Crippen molar-refractivity contribution in [1.82, 2.24) is 5.32 Å². The molecule has 0 spiro atoms. The van der Waals surface area contributed by atoms with Gasteiger partial charge in [-0.15, -0.1) is 0 Å². The summed E-state index contributed by atoms with van der Waals surface area (Å²) < 4.78 is 26.1. The van der Waals surface area contributed by atoms with E-state index in [4.69, 9.17) is 0 Å².